The van der Waals surface area contributed by atoms with E-state index in [2.05, 4.69) is 40.7 Å². The first-order valence-electron chi connectivity index (χ1n) is 12.6. The lowest BCUT2D eigenvalue weighted by molar-refractivity contribution is -0.138. The lowest BCUT2D eigenvalue weighted by Crippen LogP contribution is -2.45. The van der Waals surface area contributed by atoms with Gasteiger partial charge in [-0.25, -0.2) is 4.79 Å². The number of hydrogen-bond acceptors (Lipinski definition) is 6. The van der Waals surface area contributed by atoms with Crippen LogP contribution in [0.15, 0.2) is 53.4 Å². The van der Waals surface area contributed by atoms with Crippen molar-refractivity contribution in [1.29, 1.82) is 0 Å². The number of nitrogens with one attached hydrogen (secondary N) is 1. The van der Waals surface area contributed by atoms with Crippen molar-refractivity contribution in [2.75, 3.05) is 46.7 Å². The van der Waals surface area contributed by atoms with Crippen molar-refractivity contribution in [3.8, 4) is 5.75 Å². The third-order valence-electron chi connectivity index (χ3n) is 7.68. The van der Waals surface area contributed by atoms with E-state index in [1.54, 1.807) is 18.9 Å². The second kappa shape index (κ2) is 12.0. The number of hydrogen-bond donors (Lipinski definition) is 1. The first-order chi connectivity index (χ1) is 17.5. The summed E-state index contributed by atoms with van der Waals surface area (Å²) in [6.45, 7) is 4.18. The smallest absolute Gasteiger partial charge is 0.407 e. The highest BCUT2D eigenvalue weighted by Crippen LogP contribution is 2.42. The van der Waals surface area contributed by atoms with E-state index < -0.39 is 6.09 Å². The SMILES string of the molecule is COC(=O)NC(CCN1CCC2(CC1)CCN(Cc1ccc(SC)cc1)C2=O)c1ccc(OC)cc1. The number of methoxy groups -OCH3 is 2. The number of likely N-dealkylation sites (tertiary alicyclic amines) is 2. The molecule has 1 spiro atoms. The maximum absolute atomic E-state index is 13.4. The molecule has 1 N–H and O–H groups in total. The Kier molecular flexibility index (Phi) is 8.80. The van der Waals surface area contributed by atoms with E-state index in [-0.39, 0.29) is 11.5 Å². The predicted octanol–water partition coefficient (Wildman–Crippen LogP) is 4.72. The van der Waals surface area contributed by atoms with Crippen LogP contribution in [0.1, 0.15) is 42.9 Å². The molecular formula is C28H37N3O4S. The topological polar surface area (TPSA) is 71.1 Å². The van der Waals surface area contributed by atoms with E-state index in [0.717, 1.165) is 63.2 Å². The van der Waals surface area contributed by atoms with Crippen LogP contribution in [-0.4, -0.2) is 68.5 Å². The van der Waals surface area contributed by atoms with Gasteiger partial charge < -0.3 is 24.6 Å². The fourth-order valence-electron chi connectivity index (χ4n) is 5.33. The third kappa shape index (κ3) is 6.16. The number of rotatable bonds is 9. The van der Waals surface area contributed by atoms with Gasteiger partial charge in [-0.3, -0.25) is 4.79 Å². The Balaban J connectivity index is 1.30. The van der Waals surface area contributed by atoms with Crippen LogP contribution in [0, 0.1) is 5.41 Å². The molecule has 2 amide bonds. The van der Waals surface area contributed by atoms with E-state index in [9.17, 15) is 9.59 Å². The largest absolute Gasteiger partial charge is 0.497 e. The number of carbonyl (C=O) groups is 2. The fourth-order valence-corrected chi connectivity index (χ4v) is 5.74. The normalized spacial score (nSPS) is 18.3. The number of amides is 2. The lowest BCUT2D eigenvalue weighted by Gasteiger charge is -2.38. The fraction of sp³-hybridized carbons (Fsp3) is 0.500. The number of piperidine rings is 1. The van der Waals surface area contributed by atoms with Gasteiger partial charge in [0, 0.05) is 24.5 Å². The Bertz CT molecular complexity index is 1020. The Morgan fingerprint density at radius 1 is 1.03 bits per heavy atom. The molecule has 2 heterocycles. The molecule has 1 atom stereocenters. The summed E-state index contributed by atoms with van der Waals surface area (Å²) in [6.07, 6.45) is 5.13. The van der Waals surface area contributed by atoms with Crippen LogP contribution in [0.5, 0.6) is 5.75 Å². The number of thioether (sulfide) groups is 1. The Hall–Kier alpha value is -2.71. The number of alkyl carbamates (subject to hydrolysis) is 1. The molecule has 0 aliphatic carbocycles. The van der Waals surface area contributed by atoms with Crippen molar-refractivity contribution >= 4 is 23.8 Å². The Labute approximate surface area is 218 Å². The zero-order valence-corrected chi connectivity index (χ0v) is 22.3. The molecule has 2 fully saturated rings. The van der Waals surface area contributed by atoms with Crippen LogP contribution in [-0.2, 0) is 16.1 Å². The van der Waals surface area contributed by atoms with Crippen molar-refractivity contribution in [3.63, 3.8) is 0 Å². The van der Waals surface area contributed by atoms with Crippen LogP contribution in [0.25, 0.3) is 0 Å². The first kappa shape index (κ1) is 26.4. The second-order valence-corrected chi connectivity index (χ2v) is 10.6. The highest BCUT2D eigenvalue weighted by molar-refractivity contribution is 7.98. The van der Waals surface area contributed by atoms with E-state index in [0.29, 0.717) is 12.5 Å². The van der Waals surface area contributed by atoms with Crippen molar-refractivity contribution in [3.05, 3.63) is 59.7 Å². The summed E-state index contributed by atoms with van der Waals surface area (Å²) >= 11 is 1.73. The summed E-state index contributed by atoms with van der Waals surface area (Å²) in [4.78, 5) is 31.1. The van der Waals surface area contributed by atoms with Gasteiger partial charge in [0.2, 0.25) is 5.91 Å². The van der Waals surface area contributed by atoms with Gasteiger partial charge in [-0.1, -0.05) is 24.3 Å². The van der Waals surface area contributed by atoms with Crippen LogP contribution in [0.4, 0.5) is 4.79 Å². The molecule has 1 unspecified atom stereocenters. The average Bonchev–Trinajstić information content (AvgIpc) is 3.22. The minimum Gasteiger partial charge on any atom is -0.497 e. The van der Waals surface area contributed by atoms with Crippen molar-refractivity contribution in [2.24, 2.45) is 5.41 Å². The molecule has 0 aromatic heterocycles. The van der Waals surface area contributed by atoms with Gasteiger partial charge in [0.1, 0.15) is 5.75 Å². The molecule has 2 aromatic rings. The van der Waals surface area contributed by atoms with Gasteiger partial charge in [-0.2, -0.15) is 0 Å². The Morgan fingerprint density at radius 2 is 1.69 bits per heavy atom. The molecule has 194 valence electrons. The maximum atomic E-state index is 13.4. The Morgan fingerprint density at radius 3 is 2.31 bits per heavy atom. The third-order valence-corrected chi connectivity index (χ3v) is 8.42. The van der Waals surface area contributed by atoms with Crippen LogP contribution >= 0.6 is 11.8 Å². The number of nitrogens with zero attached hydrogens (tertiary/aromatic N) is 2. The number of ether oxygens (including phenoxy) is 2. The minimum absolute atomic E-state index is 0.152. The molecule has 7 nitrogen and oxygen atoms in total. The van der Waals surface area contributed by atoms with Crippen LogP contribution in [0.3, 0.4) is 0 Å². The molecule has 0 saturated carbocycles. The molecule has 2 aliphatic rings. The van der Waals surface area contributed by atoms with E-state index in [1.165, 1.54) is 17.6 Å². The van der Waals surface area contributed by atoms with Gasteiger partial charge in [0.15, 0.2) is 0 Å². The molecule has 2 aliphatic heterocycles. The first-order valence-corrected chi connectivity index (χ1v) is 13.8. The second-order valence-electron chi connectivity index (χ2n) is 9.70. The van der Waals surface area contributed by atoms with E-state index in [4.69, 9.17) is 9.47 Å². The quantitative estimate of drug-likeness (QED) is 0.492. The van der Waals surface area contributed by atoms with Crippen LogP contribution < -0.4 is 10.1 Å². The minimum atomic E-state index is -0.437. The molecule has 4 rings (SSSR count). The lowest BCUT2D eigenvalue weighted by atomic mass is 9.77. The molecule has 36 heavy (non-hydrogen) atoms. The van der Waals surface area contributed by atoms with Crippen molar-refractivity contribution in [1.82, 2.24) is 15.1 Å². The highest BCUT2D eigenvalue weighted by Gasteiger charge is 2.47. The van der Waals surface area contributed by atoms with Crippen molar-refractivity contribution < 1.29 is 19.1 Å². The molecular weight excluding hydrogens is 474 g/mol. The van der Waals surface area contributed by atoms with Gasteiger partial charge in [0.05, 0.1) is 25.7 Å². The summed E-state index contributed by atoms with van der Waals surface area (Å²) in [5.74, 6) is 1.10. The zero-order valence-electron chi connectivity index (χ0n) is 21.5. The monoisotopic (exact) mass is 511 g/mol. The van der Waals surface area contributed by atoms with E-state index in [1.807, 2.05) is 29.2 Å². The highest BCUT2D eigenvalue weighted by atomic mass is 32.2. The molecule has 0 bridgehead atoms. The molecule has 8 heteroatoms. The van der Waals surface area contributed by atoms with Gasteiger partial charge >= 0.3 is 6.09 Å². The molecule has 0 radical (unpaired) electrons. The van der Waals surface area contributed by atoms with Gasteiger partial charge in [0.25, 0.3) is 0 Å². The van der Waals surface area contributed by atoms with Crippen LogP contribution in [0.2, 0.25) is 0 Å². The summed E-state index contributed by atoms with van der Waals surface area (Å²) in [6, 6.07) is 16.1. The van der Waals surface area contributed by atoms with E-state index >= 15 is 0 Å². The number of benzene rings is 2. The summed E-state index contributed by atoms with van der Waals surface area (Å²) in [5.41, 5.74) is 2.00. The van der Waals surface area contributed by atoms with Crippen molar-refractivity contribution in [2.45, 2.75) is 43.2 Å². The predicted molar refractivity (Wildman–Crippen MR) is 142 cm³/mol. The maximum Gasteiger partial charge on any atom is 0.407 e. The molecule has 2 saturated heterocycles. The average molecular weight is 512 g/mol. The number of carbonyl (C=O) groups excluding carboxylic acids is 2. The summed E-state index contributed by atoms with van der Waals surface area (Å²) in [5, 5.41) is 2.96. The zero-order chi connectivity index (χ0) is 25.5. The summed E-state index contributed by atoms with van der Waals surface area (Å²) < 4.78 is 10.1. The standard InChI is InChI=1S/C28H37N3O4S/c1-34-23-8-6-22(7-9-23)25(29-27(33)35-2)12-16-30-17-13-28(14-18-30)15-19-31(26(28)32)20-21-4-10-24(36-3)11-5-21/h4-11,25H,12-20H2,1-3H3,(H,29,33). The van der Waals surface area contributed by atoms with Gasteiger partial charge in [-0.15, -0.1) is 11.8 Å². The summed E-state index contributed by atoms with van der Waals surface area (Å²) in [7, 11) is 3.02. The molecule has 2 aromatic carbocycles. The van der Waals surface area contributed by atoms with Gasteiger partial charge in [-0.05, 0) is 80.4 Å².